The molecule has 2 aromatic rings. The number of amides is 1. The summed E-state index contributed by atoms with van der Waals surface area (Å²) in [5.74, 6) is -0.569. The SMILES string of the molecule is CC(C)(C)OC(=O)N1CCN(c2c(C#N)cnc3c(F)c(Br)c(Cl)cc23)CC1. The monoisotopic (exact) mass is 468 g/mol. The van der Waals surface area contributed by atoms with Crippen molar-refractivity contribution < 1.29 is 13.9 Å². The fraction of sp³-hybridized carbons (Fsp3) is 0.421. The van der Waals surface area contributed by atoms with Gasteiger partial charge < -0.3 is 14.5 Å². The maximum Gasteiger partial charge on any atom is 0.410 e. The van der Waals surface area contributed by atoms with Gasteiger partial charge in [-0.15, -0.1) is 0 Å². The molecule has 1 aliphatic heterocycles. The second kappa shape index (κ2) is 7.72. The second-order valence-corrected chi connectivity index (χ2v) is 8.67. The predicted octanol–water partition coefficient (Wildman–Crippen LogP) is 4.72. The number of carbonyl (C=O) groups excluding carboxylic acids is 1. The van der Waals surface area contributed by atoms with Gasteiger partial charge in [0.1, 0.15) is 17.2 Å². The Kier molecular flexibility index (Phi) is 5.69. The Balaban J connectivity index is 1.93. The molecular weight excluding hydrogens is 451 g/mol. The summed E-state index contributed by atoms with van der Waals surface area (Å²) >= 11 is 9.26. The predicted molar refractivity (Wildman–Crippen MR) is 109 cm³/mol. The van der Waals surface area contributed by atoms with Gasteiger partial charge in [-0.25, -0.2) is 9.18 Å². The molecule has 0 atom stereocenters. The van der Waals surface area contributed by atoms with Crippen molar-refractivity contribution in [3.05, 3.63) is 33.1 Å². The lowest BCUT2D eigenvalue weighted by Crippen LogP contribution is -2.50. The van der Waals surface area contributed by atoms with Crippen LogP contribution in [0.1, 0.15) is 26.3 Å². The minimum absolute atomic E-state index is 0.138. The molecule has 3 rings (SSSR count). The summed E-state index contributed by atoms with van der Waals surface area (Å²) in [5.41, 5.74) is 0.478. The molecule has 1 amide bonds. The van der Waals surface area contributed by atoms with Crippen LogP contribution < -0.4 is 4.90 Å². The fourth-order valence-corrected chi connectivity index (χ4v) is 3.58. The number of carbonyl (C=O) groups is 1. The Bertz CT molecular complexity index is 979. The summed E-state index contributed by atoms with van der Waals surface area (Å²) in [5, 5.41) is 10.2. The lowest BCUT2D eigenvalue weighted by molar-refractivity contribution is 0.0240. The van der Waals surface area contributed by atoms with Crippen LogP contribution in [0.15, 0.2) is 16.7 Å². The maximum atomic E-state index is 14.6. The highest BCUT2D eigenvalue weighted by molar-refractivity contribution is 9.10. The smallest absolute Gasteiger partial charge is 0.410 e. The lowest BCUT2D eigenvalue weighted by Gasteiger charge is -2.37. The van der Waals surface area contributed by atoms with Gasteiger partial charge in [0, 0.05) is 37.8 Å². The summed E-state index contributed by atoms with van der Waals surface area (Å²) in [6.07, 6.45) is 0.992. The third kappa shape index (κ3) is 4.01. The minimum atomic E-state index is -0.569. The van der Waals surface area contributed by atoms with Crippen LogP contribution in [-0.4, -0.2) is 47.8 Å². The Morgan fingerprint density at radius 1 is 1.36 bits per heavy atom. The van der Waals surface area contributed by atoms with E-state index in [1.807, 2.05) is 25.7 Å². The van der Waals surface area contributed by atoms with E-state index in [1.54, 1.807) is 11.0 Å². The topological polar surface area (TPSA) is 69.5 Å². The highest BCUT2D eigenvalue weighted by Crippen LogP contribution is 2.37. The van der Waals surface area contributed by atoms with Crippen LogP contribution in [0.5, 0.6) is 0 Å². The number of anilines is 1. The van der Waals surface area contributed by atoms with Gasteiger partial charge in [-0.1, -0.05) is 11.6 Å². The van der Waals surface area contributed by atoms with E-state index in [-0.39, 0.29) is 21.1 Å². The summed E-state index contributed by atoms with van der Waals surface area (Å²) in [6.45, 7) is 7.26. The van der Waals surface area contributed by atoms with Crippen LogP contribution >= 0.6 is 27.5 Å². The Hall–Kier alpha value is -2.11. The summed E-state index contributed by atoms with van der Waals surface area (Å²) in [4.78, 5) is 19.9. The zero-order valence-corrected chi connectivity index (χ0v) is 18.1. The molecule has 0 spiro atoms. The number of rotatable bonds is 1. The van der Waals surface area contributed by atoms with Gasteiger partial charge >= 0.3 is 6.09 Å². The minimum Gasteiger partial charge on any atom is -0.444 e. The number of benzene rings is 1. The first-order valence-electron chi connectivity index (χ1n) is 8.71. The molecule has 1 aromatic carbocycles. The number of nitrogens with zero attached hydrogens (tertiary/aromatic N) is 4. The molecule has 0 saturated carbocycles. The van der Waals surface area contributed by atoms with Gasteiger partial charge in [0.05, 0.1) is 20.7 Å². The molecule has 1 saturated heterocycles. The molecule has 6 nitrogen and oxygen atoms in total. The molecule has 148 valence electrons. The number of halogens is 3. The number of nitriles is 1. The quantitative estimate of drug-likeness (QED) is 0.565. The highest BCUT2D eigenvalue weighted by Gasteiger charge is 2.28. The van der Waals surface area contributed by atoms with Crippen LogP contribution in [0.4, 0.5) is 14.9 Å². The molecular formula is C19H19BrClFN4O2. The van der Waals surface area contributed by atoms with E-state index >= 15 is 0 Å². The number of piperazine rings is 1. The molecule has 9 heteroatoms. The number of hydrogen-bond donors (Lipinski definition) is 0. The van der Waals surface area contributed by atoms with Crippen molar-refractivity contribution in [2.45, 2.75) is 26.4 Å². The first kappa shape index (κ1) is 20.6. The molecule has 2 heterocycles. The van der Waals surface area contributed by atoms with Crippen LogP contribution in [0.2, 0.25) is 5.02 Å². The average Bonchev–Trinajstić information content (AvgIpc) is 2.64. The maximum absolute atomic E-state index is 14.6. The van der Waals surface area contributed by atoms with Gasteiger partial charge in [-0.3, -0.25) is 4.98 Å². The van der Waals surface area contributed by atoms with E-state index in [2.05, 4.69) is 27.0 Å². The van der Waals surface area contributed by atoms with Crippen molar-refractivity contribution >= 4 is 50.2 Å². The zero-order valence-electron chi connectivity index (χ0n) is 15.7. The van der Waals surface area contributed by atoms with E-state index in [0.717, 1.165) is 0 Å². The van der Waals surface area contributed by atoms with Crippen LogP contribution in [0, 0.1) is 17.1 Å². The van der Waals surface area contributed by atoms with Crippen LogP contribution in [-0.2, 0) is 4.74 Å². The van der Waals surface area contributed by atoms with E-state index in [4.69, 9.17) is 16.3 Å². The normalized spacial score (nSPS) is 14.9. The molecule has 0 radical (unpaired) electrons. The van der Waals surface area contributed by atoms with Crippen molar-refractivity contribution in [3.63, 3.8) is 0 Å². The fourth-order valence-electron chi connectivity index (χ4n) is 3.09. The zero-order chi connectivity index (χ0) is 20.6. The van der Waals surface area contributed by atoms with Crippen LogP contribution in [0.25, 0.3) is 10.9 Å². The molecule has 28 heavy (non-hydrogen) atoms. The largest absolute Gasteiger partial charge is 0.444 e. The first-order chi connectivity index (χ1) is 13.1. The summed E-state index contributed by atoms with van der Waals surface area (Å²) in [6, 6.07) is 3.72. The van der Waals surface area contributed by atoms with Crippen molar-refractivity contribution in [1.82, 2.24) is 9.88 Å². The van der Waals surface area contributed by atoms with E-state index < -0.39 is 11.4 Å². The Labute approximate surface area is 175 Å². The lowest BCUT2D eigenvalue weighted by atomic mass is 10.1. The van der Waals surface area contributed by atoms with Crippen molar-refractivity contribution in [2.75, 3.05) is 31.1 Å². The Morgan fingerprint density at radius 3 is 2.57 bits per heavy atom. The third-order valence-electron chi connectivity index (χ3n) is 4.34. The molecule has 1 aliphatic rings. The first-order valence-corrected chi connectivity index (χ1v) is 9.88. The van der Waals surface area contributed by atoms with Crippen molar-refractivity contribution in [2.24, 2.45) is 0 Å². The second-order valence-electron chi connectivity index (χ2n) is 7.47. The molecule has 0 aliphatic carbocycles. The third-order valence-corrected chi connectivity index (χ3v) is 5.64. The Morgan fingerprint density at radius 2 is 2.00 bits per heavy atom. The molecule has 0 unspecified atom stereocenters. The summed E-state index contributed by atoms with van der Waals surface area (Å²) < 4.78 is 20.2. The van der Waals surface area contributed by atoms with Crippen molar-refractivity contribution in [3.8, 4) is 6.07 Å². The number of ether oxygens (including phenoxy) is 1. The van der Waals surface area contributed by atoms with Crippen LogP contribution in [0.3, 0.4) is 0 Å². The number of hydrogen-bond acceptors (Lipinski definition) is 5. The number of pyridine rings is 1. The van der Waals surface area contributed by atoms with E-state index in [0.29, 0.717) is 42.8 Å². The molecule has 1 fully saturated rings. The van der Waals surface area contributed by atoms with Gasteiger partial charge in [-0.05, 0) is 42.8 Å². The number of fused-ring (bicyclic) bond motifs is 1. The average molecular weight is 470 g/mol. The summed E-state index contributed by atoms with van der Waals surface area (Å²) in [7, 11) is 0. The highest BCUT2D eigenvalue weighted by atomic mass is 79.9. The molecule has 0 N–H and O–H groups in total. The van der Waals surface area contributed by atoms with Gasteiger partial charge in [0.15, 0.2) is 5.82 Å². The van der Waals surface area contributed by atoms with Gasteiger partial charge in [0.25, 0.3) is 0 Å². The molecule has 0 bridgehead atoms. The van der Waals surface area contributed by atoms with Crippen molar-refractivity contribution in [1.29, 1.82) is 5.26 Å². The van der Waals surface area contributed by atoms with Gasteiger partial charge in [0.2, 0.25) is 0 Å². The van der Waals surface area contributed by atoms with E-state index in [1.165, 1.54) is 6.20 Å². The standard InChI is InChI=1S/C19H19BrClFN4O2/c1-19(2,3)28-18(27)26-6-4-25(5-7-26)17-11(9-23)10-24-16-12(17)8-13(21)14(20)15(16)22/h8,10H,4-7H2,1-3H3. The van der Waals surface area contributed by atoms with Gasteiger partial charge in [-0.2, -0.15) is 5.26 Å². The van der Waals surface area contributed by atoms with E-state index in [9.17, 15) is 14.4 Å². The molecule has 1 aromatic heterocycles. The number of aromatic nitrogens is 1.